The van der Waals surface area contributed by atoms with E-state index >= 15 is 0 Å². The van der Waals surface area contributed by atoms with E-state index in [9.17, 15) is 0 Å². The first kappa shape index (κ1) is 11.1. The van der Waals surface area contributed by atoms with Gasteiger partial charge in [0.25, 0.3) is 0 Å². The molecular weight excluding hydrogens is 172 g/mol. The molecule has 0 heterocycles. The van der Waals surface area contributed by atoms with E-state index in [0.29, 0.717) is 0 Å². The summed E-state index contributed by atoms with van der Waals surface area (Å²) < 4.78 is 0. The van der Waals surface area contributed by atoms with Crippen LogP contribution in [0.5, 0.6) is 0 Å². The normalized spacial score (nSPS) is 10.8. The predicted molar refractivity (Wildman–Crippen MR) is 62.3 cm³/mol. The summed E-state index contributed by atoms with van der Waals surface area (Å²) in [6.07, 6.45) is 1.05. The van der Waals surface area contributed by atoms with Crippen LogP contribution in [0.4, 0.5) is 5.69 Å². The second kappa shape index (κ2) is 5.66. The zero-order valence-electron chi connectivity index (χ0n) is 9.09. The molecule has 14 heavy (non-hydrogen) atoms. The van der Waals surface area contributed by atoms with Crippen molar-refractivity contribution in [3.63, 3.8) is 0 Å². The fourth-order valence-electron chi connectivity index (χ4n) is 1.37. The molecule has 0 atom stereocenters. The van der Waals surface area contributed by atoms with Gasteiger partial charge in [-0.2, -0.15) is 0 Å². The van der Waals surface area contributed by atoms with Crippen LogP contribution in [0.1, 0.15) is 19.4 Å². The maximum atomic E-state index is 5.69. The third kappa shape index (κ3) is 4.28. The van der Waals surface area contributed by atoms with Crippen molar-refractivity contribution < 1.29 is 0 Å². The van der Waals surface area contributed by atoms with E-state index < -0.39 is 0 Å². The van der Waals surface area contributed by atoms with Gasteiger partial charge in [-0.25, -0.2) is 0 Å². The molecule has 3 N–H and O–H groups in total. The van der Waals surface area contributed by atoms with Crippen molar-refractivity contribution in [2.24, 2.45) is 5.92 Å². The van der Waals surface area contributed by atoms with Crippen molar-refractivity contribution >= 4 is 5.69 Å². The smallest absolute Gasteiger partial charge is 0.0316 e. The largest absolute Gasteiger partial charge is 0.399 e. The van der Waals surface area contributed by atoms with Crippen LogP contribution in [0.25, 0.3) is 0 Å². The van der Waals surface area contributed by atoms with Crippen molar-refractivity contribution in [3.05, 3.63) is 29.8 Å². The minimum Gasteiger partial charge on any atom is -0.399 e. The lowest BCUT2D eigenvalue weighted by molar-refractivity contribution is 0.554. The first-order valence-corrected chi connectivity index (χ1v) is 5.23. The Labute approximate surface area is 86.5 Å². The van der Waals surface area contributed by atoms with Crippen LogP contribution in [0.15, 0.2) is 24.3 Å². The maximum Gasteiger partial charge on any atom is 0.0316 e. The number of rotatable bonds is 5. The van der Waals surface area contributed by atoms with Crippen molar-refractivity contribution in [1.29, 1.82) is 0 Å². The highest BCUT2D eigenvalue weighted by Crippen LogP contribution is 2.06. The SMILES string of the molecule is CC(C)CNCCc1cccc(N)c1. The van der Waals surface area contributed by atoms with Gasteiger partial charge in [0, 0.05) is 5.69 Å². The lowest BCUT2D eigenvalue weighted by atomic mass is 10.1. The molecule has 0 aliphatic heterocycles. The summed E-state index contributed by atoms with van der Waals surface area (Å²) in [5.41, 5.74) is 7.85. The van der Waals surface area contributed by atoms with Gasteiger partial charge in [0.1, 0.15) is 0 Å². The minimum atomic E-state index is 0.718. The highest BCUT2D eigenvalue weighted by atomic mass is 14.8. The lowest BCUT2D eigenvalue weighted by Gasteiger charge is -2.07. The predicted octanol–water partition coefficient (Wildman–Crippen LogP) is 2.06. The van der Waals surface area contributed by atoms with Crippen LogP contribution in [0, 0.1) is 5.92 Å². The molecule has 0 bridgehead atoms. The zero-order valence-corrected chi connectivity index (χ0v) is 9.09. The molecule has 0 saturated heterocycles. The van der Waals surface area contributed by atoms with Gasteiger partial charge in [-0.3, -0.25) is 0 Å². The van der Waals surface area contributed by atoms with Gasteiger partial charge < -0.3 is 11.1 Å². The first-order chi connectivity index (χ1) is 6.68. The zero-order chi connectivity index (χ0) is 10.4. The Kier molecular flexibility index (Phi) is 4.47. The molecule has 0 fully saturated rings. The van der Waals surface area contributed by atoms with Crippen molar-refractivity contribution in [3.8, 4) is 0 Å². The van der Waals surface area contributed by atoms with E-state index in [1.54, 1.807) is 0 Å². The quantitative estimate of drug-likeness (QED) is 0.553. The number of anilines is 1. The maximum absolute atomic E-state index is 5.69. The third-order valence-electron chi connectivity index (χ3n) is 2.09. The van der Waals surface area contributed by atoms with E-state index in [2.05, 4.69) is 25.2 Å². The molecule has 0 aliphatic rings. The van der Waals surface area contributed by atoms with Gasteiger partial charge in [-0.05, 0) is 43.1 Å². The molecule has 0 unspecified atom stereocenters. The first-order valence-electron chi connectivity index (χ1n) is 5.23. The molecule has 0 aromatic heterocycles. The van der Waals surface area contributed by atoms with Crippen molar-refractivity contribution in [1.82, 2.24) is 5.32 Å². The van der Waals surface area contributed by atoms with Crippen LogP contribution in [0.2, 0.25) is 0 Å². The monoisotopic (exact) mass is 192 g/mol. The molecule has 0 saturated carbocycles. The molecule has 2 heteroatoms. The topological polar surface area (TPSA) is 38.0 Å². The van der Waals surface area contributed by atoms with Gasteiger partial charge in [-0.1, -0.05) is 26.0 Å². The van der Waals surface area contributed by atoms with Gasteiger partial charge in [0.15, 0.2) is 0 Å². The standard InChI is InChI=1S/C12H20N2/c1-10(2)9-14-7-6-11-4-3-5-12(13)8-11/h3-5,8,10,14H,6-7,9,13H2,1-2H3. The fraction of sp³-hybridized carbons (Fsp3) is 0.500. The number of nitrogens with two attached hydrogens (primary N) is 1. The Balaban J connectivity index is 2.25. The van der Waals surface area contributed by atoms with Crippen LogP contribution in [-0.4, -0.2) is 13.1 Å². The summed E-state index contributed by atoms with van der Waals surface area (Å²) in [7, 11) is 0. The van der Waals surface area contributed by atoms with E-state index in [-0.39, 0.29) is 0 Å². The second-order valence-electron chi connectivity index (χ2n) is 4.09. The molecule has 0 radical (unpaired) electrons. The summed E-state index contributed by atoms with van der Waals surface area (Å²) in [5.74, 6) is 0.718. The van der Waals surface area contributed by atoms with E-state index in [1.807, 2.05) is 18.2 Å². The molecule has 0 aliphatic carbocycles. The van der Waals surface area contributed by atoms with Crippen molar-refractivity contribution in [2.75, 3.05) is 18.8 Å². The molecule has 0 amide bonds. The molecule has 78 valence electrons. The molecule has 1 aromatic carbocycles. The average molecular weight is 192 g/mol. The number of benzene rings is 1. The van der Waals surface area contributed by atoms with E-state index in [4.69, 9.17) is 5.73 Å². The van der Waals surface area contributed by atoms with Gasteiger partial charge in [-0.15, -0.1) is 0 Å². The number of nitrogens with one attached hydrogen (secondary N) is 1. The van der Waals surface area contributed by atoms with Gasteiger partial charge >= 0.3 is 0 Å². The van der Waals surface area contributed by atoms with E-state index in [0.717, 1.165) is 31.1 Å². The van der Waals surface area contributed by atoms with Crippen molar-refractivity contribution in [2.45, 2.75) is 20.3 Å². The molecule has 1 aromatic rings. The minimum absolute atomic E-state index is 0.718. The van der Waals surface area contributed by atoms with Crippen LogP contribution < -0.4 is 11.1 Å². The Hall–Kier alpha value is -1.02. The highest BCUT2D eigenvalue weighted by molar-refractivity contribution is 5.40. The second-order valence-corrected chi connectivity index (χ2v) is 4.09. The van der Waals surface area contributed by atoms with Crippen LogP contribution in [-0.2, 0) is 6.42 Å². The molecule has 1 rings (SSSR count). The number of nitrogen functional groups attached to an aromatic ring is 1. The van der Waals surface area contributed by atoms with Gasteiger partial charge in [0.05, 0.1) is 0 Å². The molecule has 0 spiro atoms. The number of hydrogen-bond acceptors (Lipinski definition) is 2. The Morgan fingerprint density at radius 3 is 2.79 bits per heavy atom. The Morgan fingerprint density at radius 1 is 1.36 bits per heavy atom. The van der Waals surface area contributed by atoms with E-state index in [1.165, 1.54) is 5.56 Å². The molecule has 2 nitrogen and oxygen atoms in total. The molecular formula is C12H20N2. The fourth-order valence-corrected chi connectivity index (χ4v) is 1.37. The Morgan fingerprint density at radius 2 is 2.14 bits per heavy atom. The summed E-state index contributed by atoms with van der Waals surface area (Å²) in [4.78, 5) is 0. The van der Waals surface area contributed by atoms with Gasteiger partial charge in [0.2, 0.25) is 0 Å². The third-order valence-corrected chi connectivity index (χ3v) is 2.09. The Bertz CT molecular complexity index is 269. The number of hydrogen-bond donors (Lipinski definition) is 2. The van der Waals surface area contributed by atoms with Crippen LogP contribution in [0.3, 0.4) is 0 Å². The average Bonchev–Trinajstić information content (AvgIpc) is 2.12. The summed E-state index contributed by atoms with van der Waals surface area (Å²) >= 11 is 0. The highest BCUT2D eigenvalue weighted by Gasteiger charge is 1.95. The summed E-state index contributed by atoms with van der Waals surface area (Å²) in [6.45, 7) is 6.55. The summed E-state index contributed by atoms with van der Waals surface area (Å²) in [5, 5.41) is 3.41. The summed E-state index contributed by atoms with van der Waals surface area (Å²) in [6, 6.07) is 8.09. The lowest BCUT2D eigenvalue weighted by Crippen LogP contribution is -2.22. The van der Waals surface area contributed by atoms with Crippen LogP contribution >= 0.6 is 0 Å².